The van der Waals surface area contributed by atoms with Crippen molar-refractivity contribution < 1.29 is 83.5 Å². The van der Waals surface area contributed by atoms with Gasteiger partial charge in [0.25, 0.3) is 0 Å². The van der Waals surface area contributed by atoms with Gasteiger partial charge in [-0.1, -0.05) is 42.8 Å². The Labute approximate surface area is 334 Å². The van der Waals surface area contributed by atoms with Crippen LogP contribution in [0, 0.1) is 0 Å². The Balaban J connectivity index is 0.000000469. The summed E-state index contributed by atoms with van der Waals surface area (Å²) in [6, 6.07) is 12.1. The fourth-order valence-electron chi connectivity index (χ4n) is 6.33. The molecule has 4 aliphatic rings. The predicted octanol–water partition coefficient (Wildman–Crippen LogP) is 7.23. The van der Waals surface area contributed by atoms with Gasteiger partial charge < -0.3 is 39.9 Å². The maximum Gasteiger partial charge on any atom is 0.490 e. The minimum atomic E-state index is -5.08. The number of piperidine rings is 2. The molecule has 2 saturated heterocycles. The number of nitrogens with one attached hydrogen (secondary N) is 1. The monoisotopic (exact) mass is 861 g/mol. The molecule has 21 heteroatoms. The highest BCUT2D eigenvalue weighted by Gasteiger charge is 2.39. The van der Waals surface area contributed by atoms with E-state index in [0.717, 1.165) is 63.5 Å². The molecule has 0 atom stereocenters. The molecule has 0 radical (unpaired) electrons. The first-order chi connectivity index (χ1) is 27.6. The Bertz CT molecular complexity index is 1510. The molecular weight excluding hydrogens is 813 g/mol. The third-order valence-electron chi connectivity index (χ3n) is 9.27. The first-order valence-electron chi connectivity index (χ1n) is 18.6. The summed E-state index contributed by atoms with van der Waals surface area (Å²) in [5.74, 6) is -7.77. The number of nitrogens with zero attached hydrogens (tertiary/aromatic N) is 2. The van der Waals surface area contributed by atoms with Gasteiger partial charge in [-0.3, -0.25) is 0 Å². The first-order valence-corrected chi connectivity index (χ1v) is 18.6. The fraction of sp³-hybridized carbons (Fsp3) is 0.579. The number of alkyl halides is 9. The molecule has 5 rings (SSSR count). The van der Waals surface area contributed by atoms with Crippen molar-refractivity contribution in [3.05, 3.63) is 71.7 Å². The normalized spacial score (nSPS) is 19.0. The third kappa shape index (κ3) is 20.6. The van der Waals surface area contributed by atoms with E-state index in [0.29, 0.717) is 6.04 Å². The number of likely N-dealkylation sites (tertiary alicyclic amines) is 1. The van der Waals surface area contributed by atoms with Crippen LogP contribution in [-0.2, 0) is 35.2 Å². The summed E-state index contributed by atoms with van der Waals surface area (Å²) in [4.78, 5) is 44.2. The summed E-state index contributed by atoms with van der Waals surface area (Å²) >= 11 is 0. The molecular formula is C38H48F9N3O9. The molecule has 2 heterocycles. The van der Waals surface area contributed by atoms with Gasteiger partial charge in [0.1, 0.15) is 11.9 Å². The number of aliphatic carboxylic acids is 3. The van der Waals surface area contributed by atoms with E-state index < -0.39 is 36.4 Å². The average molecular weight is 862 g/mol. The molecule has 0 aromatic heterocycles. The van der Waals surface area contributed by atoms with E-state index in [-0.39, 0.29) is 18.7 Å². The number of carbonyl (C=O) groups excluding carboxylic acids is 1. The van der Waals surface area contributed by atoms with Crippen LogP contribution >= 0.6 is 0 Å². The zero-order valence-corrected chi connectivity index (χ0v) is 31.8. The second-order valence-electron chi connectivity index (χ2n) is 13.7. The van der Waals surface area contributed by atoms with E-state index in [2.05, 4.69) is 63.8 Å². The topological polar surface area (TPSA) is 166 Å². The SMILES string of the molecule is O=C(COC1=CCC(=CN(Cc2ccccc2)C2CCN(C3CCNCC3)CC2)C=C1)OC1CCCCC1.O=C(O)C(F)(F)F.O=C(O)C(F)(F)F.O=C(O)C(F)(F)F. The number of halogens is 9. The average Bonchev–Trinajstić information content (AvgIpc) is 3.18. The van der Waals surface area contributed by atoms with E-state index >= 15 is 0 Å². The van der Waals surface area contributed by atoms with E-state index in [4.69, 9.17) is 39.2 Å². The Morgan fingerprint density at radius 2 is 1.25 bits per heavy atom. The number of allylic oxidation sites excluding steroid dienone is 4. The number of benzene rings is 1. The van der Waals surface area contributed by atoms with Gasteiger partial charge in [-0.25, -0.2) is 19.2 Å². The Hall–Kier alpha value is -4.79. The van der Waals surface area contributed by atoms with E-state index in [1.54, 1.807) is 0 Å². The molecule has 2 aliphatic carbocycles. The van der Waals surface area contributed by atoms with E-state index in [1.165, 1.54) is 56.3 Å². The van der Waals surface area contributed by atoms with Crippen LogP contribution in [-0.4, -0.2) is 118 Å². The zero-order valence-electron chi connectivity index (χ0n) is 31.8. The number of carbonyl (C=O) groups is 4. The number of carboxylic acids is 3. The molecule has 2 aliphatic heterocycles. The largest absolute Gasteiger partial charge is 0.490 e. The molecule has 3 fully saturated rings. The van der Waals surface area contributed by atoms with Gasteiger partial charge in [0.15, 0.2) is 6.61 Å². The van der Waals surface area contributed by atoms with Gasteiger partial charge in [-0.15, -0.1) is 0 Å². The molecule has 0 spiro atoms. The summed E-state index contributed by atoms with van der Waals surface area (Å²) in [6.45, 7) is 5.61. The quantitative estimate of drug-likeness (QED) is 0.146. The lowest BCUT2D eigenvalue weighted by Crippen LogP contribution is -2.49. The lowest BCUT2D eigenvalue weighted by molar-refractivity contribution is -0.193. The fourth-order valence-corrected chi connectivity index (χ4v) is 6.33. The van der Waals surface area contributed by atoms with Gasteiger partial charge in [0.2, 0.25) is 0 Å². The van der Waals surface area contributed by atoms with Crippen molar-refractivity contribution in [1.82, 2.24) is 15.1 Å². The number of ether oxygens (including phenoxy) is 2. The van der Waals surface area contributed by atoms with Crippen LogP contribution in [0.15, 0.2) is 66.1 Å². The molecule has 332 valence electrons. The van der Waals surface area contributed by atoms with Crippen LogP contribution in [0.3, 0.4) is 0 Å². The van der Waals surface area contributed by atoms with Crippen molar-refractivity contribution in [1.29, 1.82) is 0 Å². The minimum Gasteiger partial charge on any atom is -0.482 e. The van der Waals surface area contributed by atoms with Gasteiger partial charge in [0, 0.05) is 37.9 Å². The lowest BCUT2D eigenvalue weighted by atomic mass is 9.97. The number of carboxylic acid groups (broad SMARTS) is 3. The highest BCUT2D eigenvalue weighted by atomic mass is 19.4. The van der Waals surface area contributed by atoms with Crippen molar-refractivity contribution in [2.45, 2.75) is 107 Å². The van der Waals surface area contributed by atoms with Crippen LogP contribution in [0.25, 0.3) is 0 Å². The highest BCUT2D eigenvalue weighted by molar-refractivity contribution is 5.73. The minimum absolute atomic E-state index is 0.0124. The summed E-state index contributed by atoms with van der Waals surface area (Å²) < 4.78 is 107. The lowest BCUT2D eigenvalue weighted by Gasteiger charge is -2.42. The van der Waals surface area contributed by atoms with Crippen molar-refractivity contribution in [2.24, 2.45) is 0 Å². The van der Waals surface area contributed by atoms with E-state index in [1.807, 2.05) is 6.08 Å². The van der Waals surface area contributed by atoms with Gasteiger partial charge in [-0.2, -0.15) is 39.5 Å². The maximum absolute atomic E-state index is 12.2. The number of esters is 1. The molecule has 0 bridgehead atoms. The maximum atomic E-state index is 12.2. The Morgan fingerprint density at radius 1 is 0.746 bits per heavy atom. The molecule has 59 heavy (non-hydrogen) atoms. The molecule has 0 unspecified atom stereocenters. The Kier molecular flexibility index (Phi) is 20.8. The summed E-state index contributed by atoms with van der Waals surface area (Å²) in [6.07, 6.45) is 4.71. The van der Waals surface area contributed by atoms with Crippen LogP contribution in [0.4, 0.5) is 39.5 Å². The number of hydrogen-bond donors (Lipinski definition) is 4. The molecule has 12 nitrogen and oxygen atoms in total. The molecule has 1 aromatic carbocycles. The van der Waals surface area contributed by atoms with Crippen LogP contribution < -0.4 is 5.32 Å². The predicted molar refractivity (Wildman–Crippen MR) is 192 cm³/mol. The van der Waals surface area contributed by atoms with Crippen molar-refractivity contribution in [3.63, 3.8) is 0 Å². The molecule has 0 amide bonds. The summed E-state index contributed by atoms with van der Waals surface area (Å²) in [7, 11) is 0. The second-order valence-corrected chi connectivity index (χ2v) is 13.7. The Morgan fingerprint density at radius 3 is 1.71 bits per heavy atom. The van der Waals surface area contributed by atoms with Crippen LogP contribution in [0.1, 0.15) is 69.8 Å². The van der Waals surface area contributed by atoms with Crippen molar-refractivity contribution >= 4 is 23.9 Å². The zero-order chi connectivity index (χ0) is 44.2. The number of hydrogen-bond acceptors (Lipinski definition) is 9. The van der Waals surface area contributed by atoms with Crippen molar-refractivity contribution in [3.8, 4) is 0 Å². The molecule has 1 aromatic rings. The molecule has 1 saturated carbocycles. The smallest absolute Gasteiger partial charge is 0.482 e. The van der Waals surface area contributed by atoms with E-state index in [9.17, 15) is 44.3 Å². The van der Waals surface area contributed by atoms with Gasteiger partial charge >= 0.3 is 42.4 Å². The van der Waals surface area contributed by atoms with Gasteiger partial charge in [-0.05, 0) is 94.2 Å². The highest BCUT2D eigenvalue weighted by Crippen LogP contribution is 2.26. The summed E-state index contributed by atoms with van der Waals surface area (Å²) in [5, 5.41) is 24.9. The third-order valence-corrected chi connectivity index (χ3v) is 9.27. The first kappa shape index (κ1) is 50.4. The van der Waals surface area contributed by atoms with Crippen LogP contribution in [0.2, 0.25) is 0 Å². The second kappa shape index (κ2) is 24.3. The van der Waals surface area contributed by atoms with Crippen molar-refractivity contribution in [2.75, 3.05) is 32.8 Å². The number of rotatable bonds is 9. The summed E-state index contributed by atoms with van der Waals surface area (Å²) in [5.41, 5.74) is 2.62. The molecule has 4 N–H and O–H groups in total. The van der Waals surface area contributed by atoms with Gasteiger partial charge in [0.05, 0.1) is 0 Å². The van der Waals surface area contributed by atoms with Crippen LogP contribution in [0.5, 0.6) is 0 Å². The standard InChI is InChI=1S/C32H45N3O3.3C2HF3O2/c36-32(38-31-9-5-2-6-10-31)25-37-30-13-11-27(12-14-30)24-35(23-26-7-3-1-4-8-26)29-17-21-34(22-18-29)28-15-19-33-20-16-28;3*3-2(4,5)1(6)7/h1,3-4,7-8,11,13-14,24,28-29,31,33H,2,5-6,9-10,12,15-23,25H2;3*(H,6,7).